The van der Waals surface area contributed by atoms with E-state index in [9.17, 15) is 9.18 Å². The summed E-state index contributed by atoms with van der Waals surface area (Å²) in [5.41, 5.74) is 1.41. The van der Waals surface area contributed by atoms with E-state index in [4.69, 9.17) is 16.3 Å². The topological polar surface area (TPSA) is 41.6 Å². The maximum Gasteiger partial charge on any atom is 0.322 e. The van der Waals surface area contributed by atoms with Crippen molar-refractivity contribution in [1.29, 1.82) is 0 Å². The Balaban J connectivity index is 2.07. The molecule has 23 heavy (non-hydrogen) atoms. The van der Waals surface area contributed by atoms with Gasteiger partial charge in [-0.3, -0.25) is 0 Å². The van der Waals surface area contributed by atoms with Gasteiger partial charge in [0.25, 0.3) is 0 Å². The van der Waals surface area contributed by atoms with Gasteiger partial charge in [0.15, 0.2) is 0 Å². The third-order valence-electron chi connectivity index (χ3n) is 3.66. The van der Waals surface area contributed by atoms with Crippen LogP contribution in [0.25, 0.3) is 0 Å². The highest BCUT2D eigenvalue weighted by Crippen LogP contribution is 2.28. The lowest BCUT2D eigenvalue weighted by molar-refractivity contribution is 0.208. The lowest BCUT2D eigenvalue weighted by Gasteiger charge is -2.25. The number of nitrogens with zero attached hydrogens (tertiary/aromatic N) is 1. The van der Waals surface area contributed by atoms with Crippen LogP contribution in [0.1, 0.15) is 18.5 Å². The molecule has 0 aliphatic heterocycles. The van der Waals surface area contributed by atoms with Crippen LogP contribution in [0, 0.1) is 5.82 Å². The second-order valence-electron chi connectivity index (χ2n) is 5.12. The average Bonchev–Trinajstić information content (AvgIpc) is 2.54. The van der Waals surface area contributed by atoms with Gasteiger partial charge >= 0.3 is 6.03 Å². The van der Waals surface area contributed by atoms with Gasteiger partial charge < -0.3 is 15.0 Å². The lowest BCUT2D eigenvalue weighted by atomic mass is 10.1. The lowest BCUT2D eigenvalue weighted by Crippen LogP contribution is -2.33. The molecule has 0 heterocycles. The fourth-order valence-electron chi connectivity index (χ4n) is 2.10. The average molecular weight is 337 g/mol. The van der Waals surface area contributed by atoms with Gasteiger partial charge in [0.1, 0.15) is 11.6 Å². The van der Waals surface area contributed by atoms with Gasteiger partial charge in [-0.05, 0) is 42.8 Å². The van der Waals surface area contributed by atoms with E-state index in [0.717, 1.165) is 5.56 Å². The third kappa shape index (κ3) is 4.13. The first-order valence-corrected chi connectivity index (χ1v) is 7.43. The fraction of sp³-hybridized carbons (Fsp3) is 0.235. The van der Waals surface area contributed by atoms with Crippen molar-refractivity contribution in [3.63, 3.8) is 0 Å². The van der Waals surface area contributed by atoms with Crippen molar-refractivity contribution in [2.24, 2.45) is 0 Å². The molecule has 0 saturated carbocycles. The van der Waals surface area contributed by atoms with Crippen molar-refractivity contribution in [1.82, 2.24) is 4.90 Å². The van der Waals surface area contributed by atoms with E-state index in [0.29, 0.717) is 16.5 Å². The highest BCUT2D eigenvalue weighted by atomic mass is 35.5. The standard InChI is InChI=1S/C17H18ClFN2O2/c1-11(12-4-6-13(19)7-5-12)21(2)17(22)20-14-8-9-16(23-3)15(18)10-14/h4-11H,1-3H3,(H,20,22)/t11-/m1/s1. The molecule has 2 amide bonds. The predicted octanol–water partition coefficient (Wildman–Crippen LogP) is 4.71. The molecule has 0 saturated heterocycles. The molecule has 2 aromatic carbocycles. The summed E-state index contributed by atoms with van der Waals surface area (Å²) in [6, 6.07) is 10.6. The molecule has 0 unspecified atom stereocenters. The summed E-state index contributed by atoms with van der Waals surface area (Å²) in [4.78, 5) is 13.9. The Morgan fingerprint density at radius 1 is 1.26 bits per heavy atom. The molecule has 2 aromatic rings. The number of amides is 2. The number of carbonyl (C=O) groups excluding carboxylic acids is 1. The van der Waals surface area contributed by atoms with Crippen molar-refractivity contribution in [3.05, 3.63) is 58.9 Å². The van der Waals surface area contributed by atoms with E-state index < -0.39 is 0 Å². The van der Waals surface area contributed by atoms with Crippen LogP contribution in [-0.2, 0) is 0 Å². The predicted molar refractivity (Wildman–Crippen MR) is 89.6 cm³/mol. The molecule has 0 bridgehead atoms. The highest BCUT2D eigenvalue weighted by Gasteiger charge is 2.18. The number of ether oxygens (including phenoxy) is 1. The Morgan fingerprint density at radius 3 is 2.48 bits per heavy atom. The molecule has 0 aliphatic rings. The largest absolute Gasteiger partial charge is 0.495 e. The van der Waals surface area contributed by atoms with E-state index in [1.807, 2.05) is 6.92 Å². The zero-order valence-corrected chi connectivity index (χ0v) is 13.9. The first kappa shape index (κ1) is 17.1. The first-order chi connectivity index (χ1) is 10.9. The summed E-state index contributed by atoms with van der Waals surface area (Å²) in [6.45, 7) is 1.87. The van der Waals surface area contributed by atoms with Crippen LogP contribution < -0.4 is 10.1 Å². The number of carbonyl (C=O) groups is 1. The molecule has 0 aliphatic carbocycles. The van der Waals surface area contributed by atoms with Gasteiger partial charge in [0.05, 0.1) is 18.2 Å². The number of hydrogen-bond acceptors (Lipinski definition) is 2. The van der Waals surface area contributed by atoms with Gasteiger partial charge in [0.2, 0.25) is 0 Å². The Bertz CT molecular complexity index is 691. The van der Waals surface area contributed by atoms with Gasteiger partial charge in [0, 0.05) is 12.7 Å². The first-order valence-electron chi connectivity index (χ1n) is 7.05. The van der Waals surface area contributed by atoms with Gasteiger partial charge in [-0.25, -0.2) is 9.18 Å². The summed E-state index contributed by atoms with van der Waals surface area (Å²) in [5.74, 6) is 0.235. The minimum Gasteiger partial charge on any atom is -0.495 e. The van der Waals surface area contributed by atoms with Crippen molar-refractivity contribution in [2.45, 2.75) is 13.0 Å². The molecule has 0 radical (unpaired) electrons. The zero-order valence-electron chi connectivity index (χ0n) is 13.1. The van der Waals surface area contributed by atoms with E-state index in [-0.39, 0.29) is 17.9 Å². The molecule has 1 atom stereocenters. The number of anilines is 1. The molecule has 0 fully saturated rings. The minimum atomic E-state index is -0.305. The van der Waals surface area contributed by atoms with Gasteiger partial charge in [-0.2, -0.15) is 0 Å². The van der Waals surface area contributed by atoms with Crippen molar-refractivity contribution < 1.29 is 13.9 Å². The summed E-state index contributed by atoms with van der Waals surface area (Å²) in [6.07, 6.45) is 0. The van der Waals surface area contributed by atoms with Crippen molar-refractivity contribution in [2.75, 3.05) is 19.5 Å². The van der Waals surface area contributed by atoms with E-state index in [2.05, 4.69) is 5.32 Å². The normalized spacial score (nSPS) is 11.7. The van der Waals surface area contributed by atoms with Gasteiger partial charge in [-0.1, -0.05) is 23.7 Å². The number of halogens is 2. The Hall–Kier alpha value is -2.27. The van der Waals surface area contributed by atoms with Crippen LogP contribution >= 0.6 is 11.6 Å². The number of rotatable bonds is 4. The second kappa shape index (κ2) is 7.33. The molecule has 122 valence electrons. The number of urea groups is 1. The summed E-state index contributed by atoms with van der Waals surface area (Å²) in [5, 5.41) is 3.19. The van der Waals surface area contributed by atoms with E-state index >= 15 is 0 Å². The number of nitrogens with one attached hydrogen (secondary N) is 1. The Kier molecular flexibility index (Phi) is 5.45. The maximum absolute atomic E-state index is 13.0. The number of methoxy groups -OCH3 is 1. The second-order valence-corrected chi connectivity index (χ2v) is 5.53. The van der Waals surface area contributed by atoms with E-state index in [1.54, 1.807) is 37.4 Å². The highest BCUT2D eigenvalue weighted by molar-refractivity contribution is 6.32. The van der Waals surface area contributed by atoms with E-state index in [1.165, 1.54) is 24.1 Å². The molecule has 6 heteroatoms. The fourth-order valence-corrected chi connectivity index (χ4v) is 2.35. The smallest absolute Gasteiger partial charge is 0.322 e. The van der Waals surface area contributed by atoms with Gasteiger partial charge in [-0.15, -0.1) is 0 Å². The van der Waals surface area contributed by atoms with Crippen molar-refractivity contribution >= 4 is 23.3 Å². The quantitative estimate of drug-likeness (QED) is 0.878. The van der Waals surface area contributed by atoms with Crippen LogP contribution in [-0.4, -0.2) is 25.1 Å². The summed E-state index contributed by atoms with van der Waals surface area (Å²) in [7, 11) is 3.20. The van der Waals surface area contributed by atoms with Crippen LogP contribution in [0.2, 0.25) is 5.02 Å². The third-order valence-corrected chi connectivity index (χ3v) is 3.95. The molecule has 1 N–H and O–H groups in total. The van der Waals surface area contributed by atoms with Crippen LogP contribution in [0.3, 0.4) is 0 Å². The molecule has 0 aromatic heterocycles. The monoisotopic (exact) mass is 336 g/mol. The zero-order chi connectivity index (χ0) is 17.0. The number of hydrogen-bond donors (Lipinski definition) is 1. The van der Waals surface area contributed by atoms with Crippen LogP contribution in [0.5, 0.6) is 5.75 Å². The molecule has 0 spiro atoms. The van der Waals surface area contributed by atoms with Crippen molar-refractivity contribution in [3.8, 4) is 5.75 Å². The molecular weight excluding hydrogens is 319 g/mol. The summed E-state index contributed by atoms with van der Waals surface area (Å²) >= 11 is 6.04. The SMILES string of the molecule is COc1ccc(NC(=O)N(C)[C@H](C)c2ccc(F)cc2)cc1Cl. The Labute approximate surface area is 139 Å². The molecular formula is C17H18ClFN2O2. The number of benzene rings is 2. The summed E-state index contributed by atoms with van der Waals surface area (Å²) < 4.78 is 18.1. The van der Waals surface area contributed by atoms with Crippen LogP contribution in [0.15, 0.2) is 42.5 Å². The molecule has 4 nitrogen and oxygen atoms in total. The molecule has 2 rings (SSSR count). The maximum atomic E-state index is 13.0. The Morgan fingerprint density at radius 2 is 1.91 bits per heavy atom. The minimum absolute atomic E-state index is 0.204. The van der Waals surface area contributed by atoms with Crippen LogP contribution in [0.4, 0.5) is 14.9 Å².